The molecule has 0 aliphatic carbocycles. The molecule has 0 heterocycles. The average Bonchev–Trinajstić information content (AvgIpc) is 2.60. The van der Waals surface area contributed by atoms with Gasteiger partial charge in [-0.3, -0.25) is 0 Å². The maximum Gasteiger partial charge on any atom is 0.0444 e. The SMILES string of the molecule is C=C(/C=C\N(/C(=C\CC)c1cc(C(C)(C)CC)ccc1C)C(C)C)CC. The van der Waals surface area contributed by atoms with Crippen LogP contribution < -0.4 is 0 Å². The summed E-state index contributed by atoms with van der Waals surface area (Å²) in [5.74, 6) is 0. The molecule has 26 heavy (non-hydrogen) atoms. The zero-order valence-corrected chi connectivity index (χ0v) is 18.3. The molecule has 0 aliphatic rings. The molecular weight excluding hydrogens is 314 g/mol. The minimum Gasteiger partial charge on any atom is -0.345 e. The molecule has 0 atom stereocenters. The monoisotopic (exact) mass is 353 g/mol. The van der Waals surface area contributed by atoms with Crippen molar-refractivity contribution in [3.8, 4) is 0 Å². The Hall–Kier alpha value is -1.76. The number of aryl methyl sites for hydroxylation is 1. The van der Waals surface area contributed by atoms with Gasteiger partial charge in [-0.25, -0.2) is 0 Å². The van der Waals surface area contributed by atoms with Gasteiger partial charge in [-0.05, 0) is 68.7 Å². The van der Waals surface area contributed by atoms with Crippen molar-refractivity contribution in [2.24, 2.45) is 0 Å². The molecule has 0 spiro atoms. The summed E-state index contributed by atoms with van der Waals surface area (Å²) in [5.41, 5.74) is 6.72. The van der Waals surface area contributed by atoms with Crippen molar-refractivity contribution < 1.29 is 0 Å². The molecule has 0 amide bonds. The zero-order valence-electron chi connectivity index (χ0n) is 18.3. The van der Waals surface area contributed by atoms with Crippen molar-refractivity contribution in [2.45, 2.75) is 86.1 Å². The Morgan fingerprint density at radius 3 is 2.35 bits per heavy atom. The number of benzene rings is 1. The van der Waals surface area contributed by atoms with Gasteiger partial charge in [-0.15, -0.1) is 0 Å². The highest BCUT2D eigenvalue weighted by molar-refractivity contribution is 5.69. The summed E-state index contributed by atoms with van der Waals surface area (Å²) in [5, 5.41) is 0. The van der Waals surface area contributed by atoms with Gasteiger partial charge >= 0.3 is 0 Å². The molecule has 0 fully saturated rings. The number of nitrogens with zero attached hydrogens (tertiary/aromatic N) is 1. The number of hydrogen-bond donors (Lipinski definition) is 0. The van der Waals surface area contributed by atoms with Gasteiger partial charge in [0.05, 0.1) is 0 Å². The predicted molar refractivity (Wildman–Crippen MR) is 118 cm³/mol. The minimum absolute atomic E-state index is 0.189. The normalized spacial score (nSPS) is 12.9. The Kier molecular flexibility index (Phi) is 8.40. The summed E-state index contributed by atoms with van der Waals surface area (Å²) in [6, 6.07) is 7.35. The summed E-state index contributed by atoms with van der Waals surface area (Å²) < 4.78 is 0. The van der Waals surface area contributed by atoms with Crippen LogP contribution in [0.25, 0.3) is 5.70 Å². The third-order valence-electron chi connectivity index (χ3n) is 5.34. The molecule has 144 valence electrons. The summed E-state index contributed by atoms with van der Waals surface area (Å²) in [4.78, 5) is 2.38. The fourth-order valence-electron chi connectivity index (χ4n) is 2.91. The molecule has 1 rings (SSSR count). The van der Waals surface area contributed by atoms with E-state index in [1.165, 1.54) is 22.4 Å². The first kappa shape index (κ1) is 22.3. The first-order valence-electron chi connectivity index (χ1n) is 10.1. The van der Waals surface area contributed by atoms with Crippen molar-refractivity contribution in [3.63, 3.8) is 0 Å². The number of hydrogen-bond acceptors (Lipinski definition) is 1. The van der Waals surface area contributed by atoms with E-state index in [0.29, 0.717) is 6.04 Å². The molecule has 0 radical (unpaired) electrons. The van der Waals surface area contributed by atoms with Gasteiger partial charge in [0, 0.05) is 23.5 Å². The second kappa shape index (κ2) is 9.80. The van der Waals surface area contributed by atoms with Gasteiger partial charge in [0.15, 0.2) is 0 Å². The highest BCUT2D eigenvalue weighted by Gasteiger charge is 2.21. The standard InChI is InChI=1S/C25H39N/c1-10-13-24(26(19(4)5)17-16-20(6)11-2)23-18-22(15-14-21(23)7)25(8,9)12-3/h13-19H,6,10-12H2,1-5,7-9H3/b17-16-,24-13-. The quantitative estimate of drug-likeness (QED) is 0.413. The van der Waals surface area contributed by atoms with Crippen molar-refractivity contribution in [1.29, 1.82) is 0 Å². The highest BCUT2D eigenvalue weighted by atomic mass is 15.1. The van der Waals surface area contributed by atoms with E-state index in [4.69, 9.17) is 0 Å². The largest absolute Gasteiger partial charge is 0.345 e. The molecule has 0 N–H and O–H groups in total. The summed E-state index contributed by atoms with van der Waals surface area (Å²) >= 11 is 0. The summed E-state index contributed by atoms with van der Waals surface area (Å²) in [7, 11) is 0. The fraction of sp³-hybridized carbons (Fsp3) is 0.520. The average molecular weight is 354 g/mol. The predicted octanol–water partition coefficient (Wildman–Crippen LogP) is 7.62. The van der Waals surface area contributed by atoms with Crippen LogP contribution in [-0.2, 0) is 5.41 Å². The topological polar surface area (TPSA) is 3.24 Å². The molecule has 0 aromatic heterocycles. The van der Waals surface area contributed by atoms with E-state index < -0.39 is 0 Å². The Balaban J connectivity index is 3.48. The Morgan fingerprint density at radius 2 is 1.85 bits per heavy atom. The van der Waals surface area contributed by atoms with Crippen LogP contribution in [0.3, 0.4) is 0 Å². The van der Waals surface area contributed by atoms with Crippen molar-refractivity contribution in [1.82, 2.24) is 4.90 Å². The smallest absolute Gasteiger partial charge is 0.0444 e. The van der Waals surface area contributed by atoms with E-state index in [9.17, 15) is 0 Å². The maximum atomic E-state index is 4.12. The number of rotatable bonds is 9. The van der Waals surface area contributed by atoms with Crippen molar-refractivity contribution in [3.05, 3.63) is 65.4 Å². The summed E-state index contributed by atoms with van der Waals surface area (Å²) in [6.45, 7) is 22.1. The lowest BCUT2D eigenvalue weighted by Crippen LogP contribution is -2.25. The van der Waals surface area contributed by atoms with Gasteiger partial charge in [0.25, 0.3) is 0 Å². The van der Waals surface area contributed by atoms with Gasteiger partial charge in [0.2, 0.25) is 0 Å². The molecule has 1 heteroatoms. The molecular formula is C25H39N. The van der Waals surface area contributed by atoms with Gasteiger partial charge < -0.3 is 4.90 Å². The first-order valence-corrected chi connectivity index (χ1v) is 10.1. The van der Waals surface area contributed by atoms with Crippen LogP contribution in [0.4, 0.5) is 0 Å². The lowest BCUT2D eigenvalue weighted by Gasteiger charge is -2.31. The van der Waals surface area contributed by atoms with Gasteiger partial charge in [-0.1, -0.05) is 65.0 Å². The van der Waals surface area contributed by atoms with Crippen LogP contribution in [0.5, 0.6) is 0 Å². The first-order chi connectivity index (χ1) is 12.2. The van der Waals surface area contributed by atoms with E-state index in [0.717, 1.165) is 24.8 Å². The molecule has 1 aromatic carbocycles. The molecule has 1 nitrogen and oxygen atoms in total. The second-order valence-electron chi connectivity index (χ2n) is 8.09. The molecule has 0 saturated heterocycles. The third-order valence-corrected chi connectivity index (χ3v) is 5.34. The molecule has 0 bridgehead atoms. The van der Waals surface area contributed by atoms with Crippen LogP contribution in [0.1, 0.15) is 84.4 Å². The van der Waals surface area contributed by atoms with E-state index in [1.807, 2.05) is 0 Å². The highest BCUT2D eigenvalue weighted by Crippen LogP contribution is 2.33. The van der Waals surface area contributed by atoms with Crippen molar-refractivity contribution in [2.75, 3.05) is 0 Å². The van der Waals surface area contributed by atoms with Crippen LogP contribution in [0.2, 0.25) is 0 Å². The molecule has 0 saturated carbocycles. The third kappa shape index (κ3) is 5.62. The van der Waals surface area contributed by atoms with Crippen LogP contribution in [-0.4, -0.2) is 10.9 Å². The summed E-state index contributed by atoms with van der Waals surface area (Å²) in [6.07, 6.45) is 9.83. The zero-order chi connectivity index (χ0) is 19.9. The Labute approximate surface area is 162 Å². The Morgan fingerprint density at radius 1 is 1.19 bits per heavy atom. The lowest BCUT2D eigenvalue weighted by atomic mass is 9.80. The van der Waals surface area contributed by atoms with Gasteiger partial charge in [0.1, 0.15) is 0 Å². The second-order valence-corrected chi connectivity index (χ2v) is 8.09. The van der Waals surface area contributed by atoms with Gasteiger partial charge in [-0.2, -0.15) is 0 Å². The van der Waals surface area contributed by atoms with Crippen LogP contribution >= 0.6 is 0 Å². The molecule has 0 aliphatic heterocycles. The Bertz CT molecular complexity index is 659. The van der Waals surface area contributed by atoms with E-state index in [1.54, 1.807) is 0 Å². The maximum absolute atomic E-state index is 4.12. The van der Waals surface area contributed by atoms with Crippen molar-refractivity contribution >= 4 is 5.70 Å². The van der Waals surface area contributed by atoms with E-state index >= 15 is 0 Å². The molecule has 0 unspecified atom stereocenters. The minimum atomic E-state index is 0.189. The van der Waals surface area contributed by atoms with E-state index in [2.05, 4.69) is 103 Å². The fourth-order valence-corrected chi connectivity index (χ4v) is 2.91. The van der Waals surface area contributed by atoms with Crippen LogP contribution in [0, 0.1) is 6.92 Å². The number of allylic oxidation sites excluding steroid dienone is 3. The molecule has 1 aromatic rings. The lowest BCUT2D eigenvalue weighted by molar-refractivity contribution is 0.436. The van der Waals surface area contributed by atoms with E-state index in [-0.39, 0.29) is 5.41 Å². The van der Waals surface area contributed by atoms with Crippen LogP contribution in [0.15, 0.2) is 48.7 Å².